The fraction of sp³-hybridized carbons (Fsp3) is 0.333. The summed E-state index contributed by atoms with van der Waals surface area (Å²) in [6.07, 6.45) is 2.75. The SMILES string of the molecule is CC(=CC(=O)O)CSc1nc(C)co1. The predicted octanol–water partition coefficient (Wildman–Crippen LogP) is 2.11. The standard InChI is InChI=1S/C9H11NO3S/c1-6(3-8(11)12)5-14-9-10-7(2)4-13-9/h3-4H,5H2,1-2H3,(H,11,12). The van der Waals surface area contributed by atoms with Crippen molar-refractivity contribution < 1.29 is 14.3 Å². The zero-order valence-corrected chi connectivity index (χ0v) is 8.80. The summed E-state index contributed by atoms with van der Waals surface area (Å²) in [5.41, 5.74) is 1.60. The Bertz CT molecular complexity index is 357. The second kappa shape index (κ2) is 4.85. The molecule has 0 spiro atoms. The van der Waals surface area contributed by atoms with Crippen LogP contribution in [0.2, 0.25) is 0 Å². The van der Waals surface area contributed by atoms with Crippen molar-refractivity contribution in [3.63, 3.8) is 0 Å². The van der Waals surface area contributed by atoms with Crippen LogP contribution in [-0.4, -0.2) is 21.8 Å². The van der Waals surface area contributed by atoms with Crippen LogP contribution in [-0.2, 0) is 4.79 Å². The molecular weight excluding hydrogens is 202 g/mol. The number of hydrogen-bond donors (Lipinski definition) is 1. The highest BCUT2D eigenvalue weighted by Gasteiger charge is 2.02. The van der Waals surface area contributed by atoms with Crippen LogP contribution in [0.25, 0.3) is 0 Å². The van der Waals surface area contributed by atoms with E-state index in [1.54, 1.807) is 13.2 Å². The Labute approximate surface area is 86.0 Å². The van der Waals surface area contributed by atoms with E-state index in [4.69, 9.17) is 9.52 Å². The molecule has 76 valence electrons. The second-order valence-corrected chi connectivity index (χ2v) is 3.80. The molecule has 1 N–H and O–H groups in total. The molecular formula is C9H11NO3S. The van der Waals surface area contributed by atoms with E-state index in [9.17, 15) is 4.79 Å². The topological polar surface area (TPSA) is 63.3 Å². The monoisotopic (exact) mass is 213 g/mol. The molecule has 1 heterocycles. The number of oxazole rings is 1. The van der Waals surface area contributed by atoms with Crippen molar-refractivity contribution in [2.45, 2.75) is 19.1 Å². The first-order valence-corrected chi connectivity index (χ1v) is 5.01. The van der Waals surface area contributed by atoms with E-state index in [0.29, 0.717) is 11.0 Å². The summed E-state index contributed by atoms with van der Waals surface area (Å²) in [7, 11) is 0. The van der Waals surface area contributed by atoms with Crippen LogP contribution in [0.15, 0.2) is 27.6 Å². The Morgan fingerprint density at radius 1 is 1.79 bits per heavy atom. The second-order valence-electron chi connectivity index (χ2n) is 2.87. The summed E-state index contributed by atoms with van der Waals surface area (Å²) in [6.45, 7) is 3.60. The van der Waals surface area contributed by atoms with Crippen molar-refractivity contribution in [3.8, 4) is 0 Å². The minimum absolute atomic E-state index is 0.570. The van der Waals surface area contributed by atoms with Gasteiger partial charge in [-0.15, -0.1) is 0 Å². The van der Waals surface area contributed by atoms with E-state index < -0.39 is 5.97 Å². The number of thioether (sulfide) groups is 1. The van der Waals surface area contributed by atoms with Gasteiger partial charge in [-0.3, -0.25) is 0 Å². The van der Waals surface area contributed by atoms with Gasteiger partial charge in [0.15, 0.2) is 0 Å². The lowest BCUT2D eigenvalue weighted by Crippen LogP contribution is -1.91. The molecule has 0 radical (unpaired) electrons. The van der Waals surface area contributed by atoms with Crippen LogP contribution in [0.5, 0.6) is 0 Å². The summed E-state index contributed by atoms with van der Waals surface area (Å²) in [6, 6.07) is 0. The molecule has 5 heteroatoms. The maximum atomic E-state index is 10.3. The quantitative estimate of drug-likeness (QED) is 0.613. The minimum Gasteiger partial charge on any atom is -0.478 e. The number of aliphatic carboxylic acids is 1. The average molecular weight is 213 g/mol. The molecule has 1 aromatic heterocycles. The highest BCUT2D eigenvalue weighted by Crippen LogP contribution is 2.19. The molecule has 0 amide bonds. The summed E-state index contributed by atoms with van der Waals surface area (Å²) < 4.78 is 5.10. The Morgan fingerprint density at radius 3 is 3.00 bits per heavy atom. The molecule has 1 aromatic rings. The largest absolute Gasteiger partial charge is 0.478 e. The Hall–Kier alpha value is -1.23. The van der Waals surface area contributed by atoms with E-state index >= 15 is 0 Å². The van der Waals surface area contributed by atoms with Crippen LogP contribution < -0.4 is 0 Å². The smallest absolute Gasteiger partial charge is 0.328 e. The number of carboxylic acid groups (broad SMARTS) is 1. The molecule has 0 aliphatic carbocycles. The highest BCUT2D eigenvalue weighted by molar-refractivity contribution is 7.99. The zero-order valence-electron chi connectivity index (χ0n) is 7.98. The van der Waals surface area contributed by atoms with E-state index in [1.807, 2.05) is 6.92 Å². The highest BCUT2D eigenvalue weighted by atomic mass is 32.2. The molecule has 0 aromatic carbocycles. The summed E-state index contributed by atoms with van der Waals surface area (Å²) in [5, 5.41) is 9.03. The summed E-state index contributed by atoms with van der Waals surface area (Å²) in [5.74, 6) is -0.349. The minimum atomic E-state index is -0.924. The molecule has 14 heavy (non-hydrogen) atoms. The van der Waals surface area contributed by atoms with Crippen LogP contribution in [0.1, 0.15) is 12.6 Å². The maximum absolute atomic E-state index is 10.3. The molecule has 0 atom stereocenters. The first-order chi connectivity index (χ1) is 6.58. The number of carbonyl (C=O) groups is 1. The van der Waals surface area contributed by atoms with Gasteiger partial charge in [0.1, 0.15) is 6.26 Å². The van der Waals surface area contributed by atoms with Gasteiger partial charge in [-0.05, 0) is 13.8 Å². The third-order valence-electron chi connectivity index (χ3n) is 1.39. The number of rotatable bonds is 4. The summed E-state index contributed by atoms with van der Waals surface area (Å²) >= 11 is 1.38. The molecule has 0 aliphatic heterocycles. The fourth-order valence-electron chi connectivity index (χ4n) is 0.827. The van der Waals surface area contributed by atoms with Crippen LogP contribution in [0.4, 0.5) is 0 Å². The number of carboxylic acids is 1. The van der Waals surface area contributed by atoms with Gasteiger partial charge in [0.05, 0.1) is 5.69 Å². The van der Waals surface area contributed by atoms with Gasteiger partial charge in [0.25, 0.3) is 5.22 Å². The molecule has 0 saturated carbocycles. The third-order valence-corrected chi connectivity index (χ3v) is 2.43. The van der Waals surface area contributed by atoms with Crippen molar-refractivity contribution >= 4 is 17.7 Å². The number of nitrogens with zero attached hydrogens (tertiary/aromatic N) is 1. The third kappa shape index (κ3) is 3.66. The lowest BCUT2D eigenvalue weighted by Gasteiger charge is -1.95. The van der Waals surface area contributed by atoms with E-state index in [-0.39, 0.29) is 0 Å². The van der Waals surface area contributed by atoms with Gasteiger partial charge in [0, 0.05) is 11.8 Å². The van der Waals surface area contributed by atoms with Gasteiger partial charge in [0.2, 0.25) is 0 Å². The molecule has 0 fully saturated rings. The van der Waals surface area contributed by atoms with Gasteiger partial charge in [-0.1, -0.05) is 17.3 Å². The van der Waals surface area contributed by atoms with Gasteiger partial charge in [-0.25, -0.2) is 9.78 Å². The van der Waals surface area contributed by atoms with Crippen molar-refractivity contribution in [3.05, 3.63) is 23.6 Å². The predicted molar refractivity (Wildman–Crippen MR) is 53.4 cm³/mol. The molecule has 0 aliphatic rings. The number of aromatic nitrogens is 1. The maximum Gasteiger partial charge on any atom is 0.328 e. The van der Waals surface area contributed by atoms with Gasteiger partial charge >= 0.3 is 5.97 Å². The number of aryl methyl sites for hydroxylation is 1. The first kappa shape index (κ1) is 10.8. The molecule has 0 bridgehead atoms. The van der Waals surface area contributed by atoms with Crippen LogP contribution >= 0.6 is 11.8 Å². The molecule has 1 rings (SSSR count). The van der Waals surface area contributed by atoms with Crippen molar-refractivity contribution in [1.29, 1.82) is 0 Å². The zero-order chi connectivity index (χ0) is 10.6. The molecule has 4 nitrogen and oxygen atoms in total. The van der Waals surface area contributed by atoms with Crippen molar-refractivity contribution in [2.24, 2.45) is 0 Å². The lowest BCUT2D eigenvalue weighted by molar-refractivity contribution is -0.131. The molecule has 0 saturated heterocycles. The van der Waals surface area contributed by atoms with E-state index in [2.05, 4.69) is 4.98 Å². The van der Waals surface area contributed by atoms with Crippen LogP contribution in [0, 0.1) is 6.92 Å². The fourth-order valence-corrected chi connectivity index (χ4v) is 1.59. The van der Waals surface area contributed by atoms with Crippen LogP contribution in [0.3, 0.4) is 0 Å². The van der Waals surface area contributed by atoms with E-state index in [1.165, 1.54) is 17.8 Å². The average Bonchev–Trinajstić information content (AvgIpc) is 2.47. The van der Waals surface area contributed by atoms with Gasteiger partial charge in [-0.2, -0.15) is 0 Å². The van der Waals surface area contributed by atoms with Gasteiger partial charge < -0.3 is 9.52 Å². The summed E-state index contributed by atoms with van der Waals surface area (Å²) in [4.78, 5) is 14.4. The lowest BCUT2D eigenvalue weighted by atomic mass is 10.3. The Balaban J connectivity index is 2.45. The van der Waals surface area contributed by atoms with Crippen molar-refractivity contribution in [1.82, 2.24) is 4.98 Å². The number of hydrogen-bond acceptors (Lipinski definition) is 4. The molecule has 0 unspecified atom stereocenters. The Morgan fingerprint density at radius 2 is 2.50 bits per heavy atom. The van der Waals surface area contributed by atoms with E-state index in [0.717, 1.165) is 11.3 Å². The first-order valence-electron chi connectivity index (χ1n) is 4.03. The van der Waals surface area contributed by atoms with Crippen molar-refractivity contribution in [2.75, 3.05) is 5.75 Å². The Kier molecular flexibility index (Phi) is 3.76. The normalized spacial score (nSPS) is 11.7.